The molecule has 31 heavy (non-hydrogen) atoms. The summed E-state index contributed by atoms with van der Waals surface area (Å²) in [5.74, 6) is -0.553. The number of nitrogens with zero attached hydrogens (tertiary/aromatic N) is 1. The van der Waals surface area contributed by atoms with Gasteiger partial charge in [0.05, 0.1) is 23.4 Å². The van der Waals surface area contributed by atoms with Crippen molar-refractivity contribution < 1.29 is 31.1 Å². The summed E-state index contributed by atoms with van der Waals surface area (Å²) in [6, 6.07) is 7.92. The smallest absolute Gasteiger partial charge is 0.416 e. The van der Waals surface area contributed by atoms with Crippen LogP contribution >= 0.6 is 11.6 Å². The molecule has 2 rings (SSSR count). The Morgan fingerprint density at radius 2 is 1.74 bits per heavy atom. The van der Waals surface area contributed by atoms with Gasteiger partial charge in [0, 0.05) is 5.54 Å². The van der Waals surface area contributed by atoms with Gasteiger partial charge >= 0.3 is 6.18 Å². The SMILES string of the molecule is COc1ccccc1N(CC(=O)NC(C)(C)C)S(=O)(=O)c1cc(C(F)(F)F)ccc1Cl. The van der Waals surface area contributed by atoms with Gasteiger partial charge in [0.25, 0.3) is 10.0 Å². The summed E-state index contributed by atoms with van der Waals surface area (Å²) < 4.78 is 72.3. The number of sulfonamides is 1. The van der Waals surface area contributed by atoms with Gasteiger partial charge in [-0.05, 0) is 51.1 Å². The van der Waals surface area contributed by atoms with Crippen molar-refractivity contribution in [1.82, 2.24) is 5.32 Å². The van der Waals surface area contributed by atoms with Gasteiger partial charge < -0.3 is 10.1 Å². The van der Waals surface area contributed by atoms with Crippen LogP contribution in [0.15, 0.2) is 47.4 Å². The van der Waals surface area contributed by atoms with Gasteiger partial charge in [-0.3, -0.25) is 9.10 Å². The summed E-state index contributed by atoms with van der Waals surface area (Å²) in [5, 5.41) is 2.22. The first-order chi connectivity index (χ1) is 14.2. The predicted molar refractivity (Wildman–Crippen MR) is 112 cm³/mol. The standard InChI is InChI=1S/C20H22ClF3N2O4S/c1-19(2,3)25-18(27)12-26(15-7-5-6-8-16(15)30-4)31(28,29)17-11-13(20(22,23)24)9-10-14(17)21/h5-11H,12H2,1-4H3,(H,25,27). The van der Waals surface area contributed by atoms with Gasteiger partial charge in [0.1, 0.15) is 17.2 Å². The van der Waals surface area contributed by atoms with Crippen molar-refractivity contribution >= 4 is 33.2 Å². The van der Waals surface area contributed by atoms with E-state index in [1.54, 1.807) is 26.8 Å². The molecule has 0 aliphatic rings. The Hall–Kier alpha value is -2.46. The Morgan fingerprint density at radius 3 is 2.29 bits per heavy atom. The summed E-state index contributed by atoms with van der Waals surface area (Å²) in [5.41, 5.74) is -1.88. The third-order valence-electron chi connectivity index (χ3n) is 3.98. The lowest BCUT2D eigenvalue weighted by molar-refractivity contribution is -0.137. The van der Waals surface area contributed by atoms with Crippen LogP contribution in [0.1, 0.15) is 26.3 Å². The minimum absolute atomic E-state index is 0.0254. The number of ether oxygens (including phenoxy) is 1. The molecule has 0 unspecified atom stereocenters. The summed E-state index contributed by atoms with van der Waals surface area (Å²) in [6.07, 6.45) is -4.78. The van der Waals surface area contributed by atoms with Crippen LogP contribution in [-0.2, 0) is 21.0 Å². The average Bonchev–Trinajstić information content (AvgIpc) is 2.63. The summed E-state index contributed by atoms with van der Waals surface area (Å²) in [7, 11) is -3.39. The molecule has 0 fully saturated rings. The van der Waals surface area contributed by atoms with Crippen LogP contribution in [0.3, 0.4) is 0 Å². The molecule has 0 aromatic heterocycles. The van der Waals surface area contributed by atoms with E-state index in [9.17, 15) is 26.4 Å². The lowest BCUT2D eigenvalue weighted by atomic mass is 10.1. The normalized spacial score (nSPS) is 12.4. The molecule has 0 aliphatic heterocycles. The van der Waals surface area contributed by atoms with Crippen LogP contribution < -0.4 is 14.4 Å². The highest BCUT2D eigenvalue weighted by atomic mass is 35.5. The maximum atomic E-state index is 13.4. The van der Waals surface area contributed by atoms with Crippen molar-refractivity contribution in [3.05, 3.63) is 53.1 Å². The molecule has 0 bridgehead atoms. The Bertz CT molecular complexity index is 1070. The third-order valence-corrected chi connectivity index (χ3v) is 6.22. The number of rotatable bonds is 6. The first-order valence-corrected chi connectivity index (χ1v) is 10.8. The van der Waals surface area contributed by atoms with E-state index in [2.05, 4.69) is 5.32 Å². The number of carbonyl (C=O) groups excluding carboxylic acids is 1. The molecule has 0 saturated carbocycles. The maximum Gasteiger partial charge on any atom is 0.416 e. The number of nitrogens with one attached hydrogen (secondary N) is 1. The fourth-order valence-electron chi connectivity index (χ4n) is 2.72. The quantitative estimate of drug-likeness (QED) is 0.664. The number of hydrogen-bond donors (Lipinski definition) is 1. The molecule has 0 radical (unpaired) electrons. The second kappa shape index (κ2) is 8.96. The number of carbonyl (C=O) groups is 1. The first-order valence-electron chi connectivity index (χ1n) is 9.00. The molecule has 1 N–H and O–H groups in total. The van der Waals surface area contributed by atoms with E-state index in [1.165, 1.54) is 25.3 Å². The second-order valence-corrected chi connectivity index (χ2v) is 9.86. The van der Waals surface area contributed by atoms with Crippen molar-refractivity contribution in [3.8, 4) is 5.75 Å². The Labute approximate surface area is 184 Å². The number of methoxy groups -OCH3 is 1. The van der Waals surface area contributed by atoms with Gasteiger partial charge in [-0.15, -0.1) is 0 Å². The number of para-hydroxylation sites is 2. The molecule has 170 valence electrons. The largest absolute Gasteiger partial charge is 0.495 e. The van der Waals surface area contributed by atoms with Crippen molar-refractivity contribution in [2.45, 2.75) is 37.4 Å². The monoisotopic (exact) mass is 478 g/mol. The summed E-state index contributed by atoms with van der Waals surface area (Å²) in [6.45, 7) is 4.41. The number of alkyl halides is 3. The average molecular weight is 479 g/mol. The summed E-state index contributed by atoms with van der Waals surface area (Å²) >= 11 is 5.97. The fraction of sp³-hybridized carbons (Fsp3) is 0.350. The van der Waals surface area contributed by atoms with E-state index in [-0.39, 0.29) is 11.4 Å². The number of halogens is 4. The van der Waals surface area contributed by atoms with E-state index in [1.807, 2.05) is 0 Å². The van der Waals surface area contributed by atoms with Crippen LogP contribution in [-0.4, -0.2) is 33.5 Å². The van der Waals surface area contributed by atoms with Crippen molar-refractivity contribution in [2.75, 3.05) is 18.0 Å². The zero-order valence-corrected chi connectivity index (χ0v) is 18.8. The van der Waals surface area contributed by atoms with Crippen molar-refractivity contribution in [3.63, 3.8) is 0 Å². The van der Waals surface area contributed by atoms with Crippen molar-refractivity contribution in [2.24, 2.45) is 0 Å². The molecular formula is C20H22ClF3N2O4S. The molecule has 0 atom stereocenters. The molecule has 0 saturated heterocycles. The molecule has 2 aromatic rings. The highest BCUT2D eigenvalue weighted by molar-refractivity contribution is 7.93. The molecule has 0 aliphatic carbocycles. The van der Waals surface area contributed by atoms with Crippen LogP contribution in [0.4, 0.5) is 18.9 Å². The summed E-state index contributed by atoms with van der Waals surface area (Å²) in [4.78, 5) is 11.8. The van der Waals surface area contributed by atoms with Crippen LogP contribution in [0.25, 0.3) is 0 Å². The first kappa shape index (κ1) is 24.8. The minimum atomic E-state index is -4.78. The molecule has 0 spiro atoms. The van der Waals surface area contributed by atoms with E-state index in [0.29, 0.717) is 16.4 Å². The minimum Gasteiger partial charge on any atom is -0.495 e. The third kappa shape index (κ3) is 6.04. The Morgan fingerprint density at radius 1 is 1.13 bits per heavy atom. The topological polar surface area (TPSA) is 75.7 Å². The molecule has 1 amide bonds. The van der Waals surface area contributed by atoms with Gasteiger partial charge in [0.15, 0.2) is 0 Å². The van der Waals surface area contributed by atoms with Gasteiger partial charge in [0.2, 0.25) is 5.91 Å². The van der Waals surface area contributed by atoms with Crippen LogP contribution in [0.5, 0.6) is 5.75 Å². The van der Waals surface area contributed by atoms with Gasteiger partial charge in [-0.1, -0.05) is 23.7 Å². The van der Waals surface area contributed by atoms with E-state index in [4.69, 9.17) is 16.3 Å². The van der Waals surface area contributed by atoms with Gasteiger partial charge in [-0.2, -0.15) is 13.2 Å². The molecule has 2 aromatic carbocycles. The van der Waals surface area contributed by atoms with Crippen LogP contribution in [0, 0.1) is 0 Å². The number of anilines is 1. The Balaban J connectivity index is 2.67. The van der Waals surface area contributed by atoms with Crippen LogP contribution in [0.2, 0.25) is 5.02 Å². The van der Waals surface area contributed by atoms with E-state index in [0.717, 1.165) is 6.07 Å². The maximum absolute atomic E-state index is 13.4. The lowest BCUT2D eigenvalue weighted by Gasteiger charge is -2.28. The zero-order chi connectivity index (χ0) is 23.6. The van der Waals surface area contributed by atoms with E-state index < -0.39 is 49.7 Å². The van der Waals surface area contributed by atoms with Crippen molar-refractivity contribution in [1.29, 1.82) is 0 Å². The fourth-order valence-corrected chi connectivity index (χ4v) is 4.65. The zero-order valence-electron chi connectivity index (χ0n) is 17.2. The number of benzene rings is 2. The highest BCUT2D eigenvalue weighted by Crippen LogP contribution is 2.37. The Kier molecular flexibility index (Phi) is 7.17. The predicted octanol–water partition coefficient (Wildman–Crippen LogP) is 4.48. The highest BCUT2D eigenvalue weighted by Gasteiger charge is 2.36. The lowest BCUT2D eigenvalue weighted by Crippen LogP contribution is -2.47. The molecule has 0 heterocycles. The molecular weight excluding hydrogens is 457 g/mol. The molecule has 11 heteroatoms. The second-order valence-electron chi connectivity index (χ2n) is 7.62. The van der Waals surface area contributed by atoms with Gasteiger partial charge in [-0.25, -0.2) is 8.42 Å². The number of amides is 1. The molecule has 6 nitrogen and oxygen atoms in total. The number of hydrogen-bond acceptors (Lipinski definition) is 4. The van der Waals surface area contributed by atoms with E-state index >= 15 is 0 Å².